The second-order valence-electron chi connectivity index (χ2n) is 6.08. The second-order valence-corrected chi connectivity index (χ2v) is 7.51. The number of anilines is 2. The number of aryl methyl sites for hydroxylation is 1. The van der Waals surface area contributed by atoms with Crippen molar-refractivity contribution in [3.63, 3.8) is 0 Å². The van der Waals surface area contributed by atoms with Gasteiger partial charge in [0.05, 0.1) is 16.4 Å². The number of fused-ring (bicyclic) bond motifs is 1. The van der Waals surface area contributed by atoms with Crippen molar-refractivity contribution in [3.8, 4) is 11.3 Å². The lowest BCUT2D eigenvalue weighted by atomic mass is 10.1. The molecule has 0 aliphatic carbocycles. The van der Waals surface area contributed by atoms with E-state index in [0.29, 0.717) is 21.4 Å². The van der Waals surface area contributed by atoms with E-state index in [1.54, 1.807) is 12.1 Å². The number of thiophene rings is 1. The highest BCUT2D eigenvalue weighted by Gasteiger charge is 2.18. The van der Waals surface area contributed by atoms with E-state index in [0.717, 1.165) is 21.5 Å². The number of carbonyl (C=O) groups excluding carboxylic acids is 1. The molecule has 7 heteroatoms. The Balaban J connectivity index is 1.67. The maximum absolute atomic E-state index is 12.6. The highest BCUT2D eigenvalue weighted by atomic mass is 35.5. The van der Waals surface area contributed by atoms with Crippen molar-refractivity contribution in [1.29, 1.82) is 0 Å². The van der Waals surface area contributed by atoms with Gasteiger partial charge >= 0.3 is 0 Å². The normalized spacial score (nSPS) is 10.9. The van der Waals surface area contributed by atoms with Gasteiger partial charge in [0.25, 0.3) is 5.91 Å². The van der Waals surface area contributed by atoms with E-state index >= 15 is 0 Å². The molecule has 0 radical (unpaired) electrons. The van der Waals surface area contributed by atoms with Crippen LogP contribution in [-0.4, -0.2) is 15.9 Å². The second kappa shape index (κ2) is 6.98. The number of aromatic nitrogens is 2. The van der Waals surface area contributed by atoms with Crippen LogP contribution < -0.4 is 11.1 Å². The van der Waals surface area contributed by atoms with Crippen molar-refractivity contribution >= 4 is 50.6 Å². The predicted octanol–water partition coefficient (Wildman–Crippen LogP) is 5.15. The van der Waals surface area contributed by atoms with Crippen molar-refractivity contribution in [1.82, 2.24) is 9.97 Å². The molecule has 0 saturated carbocycles. The number of halogens is 1. The molecule has 1 amide bonds. The van der Waals surface area contributed by atoms with E-state index in [1.807, 2.05) is 43.3 Å². The van der Waals surface area contributed by atoms with E-state index in [1.165, 1.54) is 23.1 Å². The third-order valence-corrected chi connectivity index (χ3v) is 5.45. The zero-order chi connectivity index (χ0) is 19.0. The molecule has 0 saturated heterocycles. The average molecular weight is 395 g/mol. The number of pyridine rings is 2. The maximum atomic E-state index is 12.6. The van der Waals surface area contributed by atoms with Gasteiger partial charge in [-0.1, -0.05) is 41.4 Å². The number of benzene rings is 1. The van der Waals surface area contributed by atoms with Crippen LogP contribution in [-0.2, 0) is 0 Å². The molecule has 0 fully saturated rings. The van der Waals surface area contributed by atoms with Crippen LogP contribution in [0, 0.1) is 6.92 Å². The van der Waals surface area contributed by atoms with E-state index in [-0.39, 0.29) is 5.91 Å². The van der Waals surface area contributed by atoms with Crippen molar-refractivity contribution in [2.45, 2.75) is 6.92 Å². The summed E-state index contributed by atoms with van der Waals surface area (Å²) in [6, 6.07) is 15.3. The monoisotopic (exact) mass is 394 g/mol. The Kier molecular flexibility index (Phi) is 4.51. The van der Waals surface area contributed by atoms with Crippen LogP contribution in [0.15, 0.2) is 54.7 Å². The quantitative estimate of drug-likeness (QED) is 0.503. The Morgan fingerprint density at radius 3 is 2.59 bits per heavy atom. The van der Waals surface area contributed by atoms with Crippen LogP contribution in [0.1, 0.15) is 15.2 Å². The average Bonchev–Trinajstić information content (AvgIpc) is 3.00. The van der Waals surface area contributed by atoms with E-state index in [4.69, 9.17) is 17.3 Å². The van der Waals surface area contributed by atoms with E-state index < -0.39 is 0 Å². The summed E-state index contributed by atoms with van der Waals surface area (Å²) in [6.45, 7) is 2.04. The summed E-state index contributed by atoms with van der Waals surface area (Å²) in [7, 11) is 0. The van der Waals surface area contributed by atoms with Crippen LogP contribution in [0.4, 0.5) is 11.5 Å². The van der Waals surface area contributed by atoms with Gasteiger partial charge in [-0.3, -0.25) is 4.79 Å². The van der Waals surface area contributed by atoms with Gasteiger partial charge < -0.3 is 11.1 Å². The number of rotatable bonds is 3. The van der Waals surface area contributed by atoms with Gasteiger partial charge in [-0.15, -0.1) is 11.3 Å². The number of hydrogen-bond acceptors (Lipinski definition) is 5. The van der Waals surface area contributed by atoms with Gasteiger partial charge in [0.2, 0.25) is 0 Å². The molecule has 4 aromatic rings. The Bertz CT molecular complexity index is 1140. The van der Waals surface area contributed by atoms with Crippen LogP contribution in [0.2, 0.25) is 5.02 Å². The topological polar surface area (TPSA) is 80.9 Å². The molecule has 0 aliphatic rings. The molecular weight excluding hydrogens is 380 g/mol. The summed E-state index contributed by atoms with van der Waals surface area (Å²) in [6.07, 6.45) is 1.47. The van der Waals surface area contributed by atoms with E-state index in [2.05, 4.69) is 15.3 Å². The van der Waals surface area contributed by atoms with Crippen molar-refractivity contribution in [2.24, 2.45) is 0 Å². The zero-order valence-electron chi connectivity index (χ0n) is 14.4. The third kappa shape index (κ3) is 3.49. The Morgan fingerprint density at radius 2 is 1.89 bits per heavy atom. The highest BCUT2D eigenvalue weighted by Crippen LogP contribution is 2.34. The first-order valence-corrected chi connectivity index (χ1v) is 9.39. The third-order valence-electron chi connectivity index (χ3n) is 4.12. The predicted molar refractivity (Wildman–Crippen MR) is 111 cm³/mol. The van der Waals surface area contributed by atoms with E-state index in [9.17, 15) is 4.79 Å². The number of nitrogens with two attached hydrogens (primary N) is 1. The lowest BCUT2D eigenvalue weighted by molar-refractivity contribution is 0.103. The summed E-state index contributed by atoms with van der Waals surface area (Å²) in [5, 5.41) is 4.00. The molecule has 0 atom stereocenters. The lowest BCUT2D eigenvalue weighted by Gasteiger charge is -2.03. The largest absolute Gasteiger partial charge is 0.397 e. The number of carbonyl (C=O) groups is 1. The number of amides is 1. The van der Waals surface area contributed by atoms with Gasteiger partial charge in [0, 0.05) is 17.1 Å². The first kappa shape index (κ1) is 17.5. The molecule has 134 valence electrons. The Labute approximate surface area is 164 Å². The fourth-order valence-corrected chi connectivity index (χ4v) is 3.77. The molecule has 3 N–H and O–H groups in total. The lowest BCUT2D eigenvalue weighted by Crippen LogP contribution is -2.12. The Morgan fingerprint density at radius 1 is 1.11 bits per heavy atom. The van der Waals surface area contributed by atoms with Crippen LogP contribution in [0.5, 0.6) is 0 Å². The van der Waals surface area contributed by atoms with Gasteiger partial charge in [0.1, 0.15) is 15.5 Å². The number of hydrogen-bond donors (Lipinski definition) is 2. The summed E-state index contributed by atoms with van der Waals surface area (Å²) >= 11 is 7.08. The first-order valence-electron chi connectivity index (χ1n) is 8.20. The highest BCUT2D eigenvalue weighted by molar-refractivity contribution is 7.21. The smallest absolute Gasteiger partial charge is 0.269 e. The molecule has 1 aromatic carbocycles. The molecular formula is C20H15ClN4OS. The minimum absolute atomic E-state index is 0.317. The van der Waals surface area contributed by atoms with Gasteiger partial charge in [-0.05, 0) is 31.2 Å². The summed E-state index contributed by atoms with van der Waals surface area (Å²) in [5.74, 6) is 0.0942. The molecule has 0 unspecified atom stereocenters. The Hall–Kier alpha value is -2.96. The summed E-state index contributed by atoms with van der Waals surface area (Å²) in [5.41, 5.74) is 9.67. The maximum Gasteiger partial charge on any atom is 0.269 e. The summed E-state index contributed by atoms with van der Waals surface area (Å²) in [4.78, 5) is 22.5. The standard InChI is InChI=1S/C20H15ClN4OS/c1-11-2-4-12(5-3-11)15-8-7-14-17(22)18(27-20(14)24-15)19(26)25-16-9-6-13(21)10-23-16/h2-10H,22H2,1H3,(H,23,25,26). The van der Waals surface area contributed by atoms with Gasteiger partial charge in [-0.25, -0.2) is 9.97 Å². The molecule has 3 aromatic heterocycles. The van der Waals surface area contributed by atoms with Crippen molar-refractivity contribution in [3.05, 3.63) is 70.2 Å². The minimum atomic E-state index is -0.317. The first-order chi connectivity index (χ1) is 13.0. The van der Waals surface area contributed by atoms with Crippen molar-refractivity contribution in [2.75, 3.05) is 11.1 Å². The SMILES string of the molecule is Cc1ccc(-c2ccc3c(N)c(C(=O)Nc4ccc(Cl)cn4)sc3n2)cc1. The molecule has 27 heavy (non-hydrogen) atoms. The molecule has 0 bridgehead atoms. The van der Waals surface area contributed by atoms with Gasteiger partial charge in [-0.2, -0.15) is 0 Å². The van der Waals surface area contributed by atoms with Crippen molar-refractivity contribution < 1.29 is 4.79 Å². The number of nitrogen functional groups attached to an aromatic ring is 1. The number of nitrogens with one attached hydrogen (secondary N) is 1. The minimum Gasteiger partial charge on any atom is -0.397 e. The number of nitrogens with zero attached hydrogens (tertiary/aromatic N) is 2. The van der Waals surface area contributed by atoms with Gasteiger partial charge in [0.15, 0.2) is 0 Å². The van der Waals surface area contributed by atoms with Crippen LogP contribution in [0.25, 0.3) is 21.5 Å². The fourth-order valence-electron chi connectivity index (χ4n) is 2.67. The summed E-state index contributed by atoms with van der Waals surface area (Å²) < 4.78 is 0. The molecule has 0 spiro atoms. The molecule has 4 rings (SSSR count). The van der Waals surface area contributed by atoms with Crippen LogP contribution in [0.3, 0.4) is 0 Å². The van der Waals surface area contributed by atoms with Crippen LogP contribution >= 0.6 is 22.9 Å². The zero-order valence-corrected chi connectivity index (χ0v) is 15.9. The molecule has 0 aliphatic heterocycles. The molecule has 5 nitrogen and oxygen atoms in total. The fraction of sp³-hybridized carbons (Fsp3) is 0.0500. The molecule has 3 heterocycles.